The third-order valence-corrected chi connectivity index (χ3v) is 15.2. The summed E-state index contributed by atoms with van der Waals surface area (Å²) in [5.41, 5.74) is 6.44. The van der Waals surface area contributed by atoms with Crippen molar-refractivity contribution in [1.82, 2.24) is 44.3 Å². The number of aromatic nitrogens is 7. The number of halogens is 2. The number of carbonyl (C=O) groups is 4. The summed E-state index contributed by atoms with van der Waals surface area (Å²) in [4.78, 5) is 96.0. The molecular weight excluding hydrogens is 1090 g/mol. The van der Waals surface area contributed by atoms with Crippen LogP contribution in [-0.2, 0) is 71.4 Å². The van der Waals surface area contributed by atoms with Gasteiger partial charge in [-0.2, -0.15) is 0 Å². The van der Waals surface area contributed by atoms with Crippen LogP contribution in [0.3, 0.4) is 0 Å². The van der Waals surface area contributed by atoms with E-state index >= 15 is 8.78 Å². The number of benzene rings is 2. The van der Waals surface area contributed by atoms with Crippen molar-refractivity contribution in [3.63, 3.8) is 0 Å². The van der Waals surface area contributed by atoms with Gasteiger partial charge in [0.1, 0.15) is 55.4 Å². The van der Waals surface area contributed by atoms with Crippen LogP contribution < -0.4 is 27.2 Å². The summed E-state index contributed by atoms with van der Waals surface area (Å²) in [6, 6.07) is 11.4. The Balaban J connectivity index is 0.830. The summed E-state index contributed by atoms with van der Waals surface area (Å²) in [5, 5.41) is 18.8. The number of imidazole rings is 1. The summed E-state index contributed by atoms with van der Waals surface area (Å²) in [7, 11) is -1.72. The molecule has 2 aromatic carbocycles. The molecule has 3 aliphatic heterocycles. The van der Waals surface area contributed by atoms with Crippen molar-refractivity contribution in [2.75, 3.05) is 30.9 Å². The van der Waals surface area contributed by atoms with Crippen molar-refractivity contribution >= 4 is 84.3 Å². The number of hydrogen-bond acceptors (Lipinski definition) is 20. The van der Waals surface area contributed by atoms with Crippen molar-refractivity contribution in [3.8, 4) is 0 Å². The summed E-state index contributed by atoms with van der Waals surface area (Å²) >= 11 is 5.28. The molecule has 0 radical (unpaired) electrons. The number of anilines is 2. The van der Waals surface area contributed by atoms with Gasteiger partial charge in [-0.25, -0.2) is 33.5 Å². The van der Waals surface area contributed by atoms with E-state index in [2.05, 4.69) is 40.9 Å². The van der Waals surface area contributed by atoms with Gasteiger partial charge in [0, 0.05) is 35.6 Å². The number of aliphatic hydroxyl groups is 1. The molecule has 12 atom stereocenters. The fourth-order valence-electron chi connectivity index (χ4n) is 8.60. The van der Waals surface area contributed by atoms with Crippen LogP contribution in [0.2, 0.25) is 0 Å². The molecule has 0 spiro atoms. The van der Waals surface area contributed by atoms with Gasteiger partial charge in [0.05, 0.1) is 25.3 Å². The first-order valence-corrected chi connectivity index (χ1v) is 27.6. The quantitative estimate of drug-likeness (QED) is 0.0815. The molecule has 9 rings (SSSR count). The highest BCUT2D eigenvalue weighted by Crippen LogP contribution is 2.52. The summed E-state index contributed by atoms with van der Waals surface area (Å²) < 4.78 is 86.9. The van der Waals surface area contributed by atoms with Gasteiger partial charge >= 0.3 is 21.1 Å². The minimum Gasteiger partial charge on any atom is -0.445 e. The number of hydrogen-bond donors (Lipinski definition) is 7. The molecule has 8 N–H and O–H groups in total. The Morgan fingerprint density at radius 2 is 1.73 bits per heavy atom. The molecule has 2 unspecified atom stereocenters. The Bertz CT molecular complexity index is 3370. The van der Waals surface area contributed by atoms with Crippen molar-refractivity contribution in [1.29, 1.82) is 0 Å². The van der Waals surface area contributed by atoms with Crippen molar-refractivity contribution < 1.29 is 74.8 Å². The molecule has 3 aliphatic rings. The first kappa shape index (κ1) is 56.1. The first-order chi connectivity index (χ1) is 37.2. The maximum absolute atomic E-state index is 16.7. The fourth-order valence-corrected chi connectivity index (χ4v) is 10.8. The van der Waals surface area contributed by atoms with E-state index in [1.807, 2.05) is 0 Å². The number of aromatic amines is 1. The SMILES string of the molecule is CC(C)[C@H](N)C(=O)N[C@@H](C)C(=O)Nc1ccc(COC(=O)N(C)Cc2ccccc2C(=O)Nc2ncnc3c2ncn3[C@@H]2O[C@@H]3COP(O)(=S)O[C@@H]4[C@H](O)[C@@H](CO[P+](=O)O[C@H]3[C@H]2F)O[C@H]4n2cc(F)c3c(=O)[nH]cnc32)cc1. The maximum Gasteiger partial charge on any atom is 0.697 e. The van der Waals surface area contributed by atoms with E-state index in [1.165, 1.54) is 29.5 Å². The Kier molecular flexibility index (Phi) is 16.8. The lowest BCUT2D eigenvalue weighted by Gasteiger charge is -2.27. The van der Waals surface area contributed by atoms with Crippen LogP contribution in [0.1, 0.15) is 54.7 Å². The van der Waals surface area contributed by atoms with Crippen molar-refractivity contribution in [2.24, 2.45) is 11.7 Å². The zero-order valence-corrected chi connectivity index (χ0v) is 44.2. The Hall–Kier alpha value is -6.66. The molecule has 3 saturated heterocycles. The monoisotopic (exact) mass is 1140 g/mol. The Morgan fingerprint density at radius 3 is 2.49 bits per heavy atom. The van der Waals surface area contributed by atoms with Crippen LogP contribution >= 0.6 is 15.0 Å². The standard InChI is InChI=1S/C46H50F2N12O15P2S/c1-21(2)32(49)43(65)55-22(3)40(62)56-25-11-9-23(10-12-25)15-69-46(66)58(4)13-24-7-5-6-8-26(24)41(63)57-37-33-39(52-18-50-37)60(20-54-33)44-31(48)35-29(73-44)17-71-77(68,78)75-36-34(61)28(16-70-76(67)74-35)72-45(36)59-14-27(47)30-38(59)51-19-53-42(30)64/h5-12,14,18-22,28-29,31-32,34-36,44-45,61H,13,15-17,49H2,1-4H3,(H4-,50,51,52,53,55,56,57,62,63,64,65,68,78)/p+1/t22-,28+,29+,31+,32-,34+,35+,36+,44+,45+,77?/m0/s1. The van der Waals surface area contributed by atoms with Crippen LogP contribution in [0, 0.1) is 11.7 Å². The number of H-pyrrole nitrogens is 1. The number of nitrogens with two attached hydrogens (primary N) is 1. The van der Waals surface area contributed by atoms with Crippen LogP contribution in [-0.4, -0.2) is 142 Å². The molecule has 4 amide bonds. The third kappa shape index (κ3) is 12.0. The number of rotatable bonds is 13. The van der Waals surface area contributed by atoms with Crippen molar-refractivity contribution in [3.05, 3.63) is 107 Å². The van der Waals surface area contributed by atoms with E-state index < -0.39 is 130 Å². The summed E-state index contributed by atoms with van der Waals surface area (Å²) in [6.07, 6.45) is -9.73. The molecule has 32 heteroatoms. The van der Waals surface area contributed by atoms with E-state index in [9.17, 15) is 38.5 Å². The molecular formula is C46H51F2N12O15P2S+. The smallest absolute Gasteiger partial charge is 0.445 e. The zero-order valence-electron chi connectivity index (χ0n) is 41.6. The summed E-state index contributed by atoms with van der Waals surface area (Å²) in [5.74, 6) is -2.75. The second kappa shape index (κ2) is 23.4. The largest absolute Gasteiger partial charge is 0.697 e. The van der Waals surface area contributed by atoms with Crippen molar-refractivity contribution in [2.45, 2.75) is 95.2 Å². The van der Waals surface area contributed by atoms with Gasteiger partial charge in [-0.3, -0.25) is 28.3 Å². The van der Waals surface area contributed by atoms with Gasteiger partial charge in [-0.15, -0.1) is 9.05 Å². The number of fused-ring (bicyclic) bond motifs is 5. The fraction of sp³-hybridized carbons (Fsp3) is 0.413. The molecule has 2 bridgehead atoms. The van der Waals surface area contributed by atoms with E-state index in [0.717, 1.165) is 29.7 Å². The average molecular weight is 1140 g/mol. The number of amides is 4. The van der Waals surface area contributed by atoms with Gasteiger partial charge in [0.25, 0.3) is 11.5 Å². The van der Waals surface area contributed by atoms with Gasteiger partial charge in [-0.1, -0.05) is 44.2 Å². The second-order valence-corrected chi connectivity index (χ2v) is 22.3. The molecule has 4 aromatic heterocycles. The van der Waals surface area contributed by atoms with Gasteiger partial charge in [-0.05, 0) is 54.0 Å². The number of ether oxygens (including phenoxy) is 3. The maximum atomic E-state index is 16.7. The minimum atomic E-state index is -4.45. The normalized spacial score (nSPS) is 25.8. The van der Waals surface area contributed by atoms with E-state index in [4.69, 9.17) is 49.8 Å². The summed E-state index contributed by atoms with van der Waals surface area (Å²) in [6.45, 7) is -0.906. The number of alkyl halides is 1. The lowest BCUT2D eigenvalue weighted by molar-refractivity contribution is -0.127. The van der Waals surface area contributed by atoms with E-state index in [1.54, 1.807) is 56.3 Å². The number of carbonyl (C=O) groups excluding carboxylic acids is 4. The topological polar surface area (TPSA) is 350 Å². The van der Waals surface area contributed by atoms with Gasteiger partial charge < -0.3 is 64.9 Å². The molecule has 6 aromatic rings. The molecule has 0 saturated carbocycles. The molecule has 3 fully saturated rings. The second-order valence-electron chi connectivity index (χ2n) is 18.6. The Labute approximate surface area is 446 Å². The van der Waals surface area contributed by atoms with Crippen LogP contribution in [0.25, 0.3) is 22.2 Å². The predicted octanol–water partition coefficient (Wildman–Crippen LogP) is 3.34. The van der Waals surface area contributed by atoms with Crippen LogP contribution in [0.15, 0.2) is 78.5 Å². The lowest BCUT2D eigenvalue weighted by atomic mass is 10.0. The third-order valence-electron chi connectivity index (χ3n) is 12.8. The zero-order chi connectivity index (χ0) is 55.7. The van der Waals surface area contributed by atoms with E-state index in [-0.39, 0.29) is 47.3 Å². The number of aliphatic hydroxyl groups excluding tert-OH is 1. The molecule has 27 nitrogen and oxygen atoms in total. The van der Waals surface area contributed by atoms with Crippen LogP contribution in [0.5, 0.6) is 0 Å². The Morgan fingerprint density at radius 1 is 0.987 bits per heavy atom. The lowest BCUT2D eigenvalue weighted by Crippen LogP contribution is -2.50. The highest BCUT2D eigenvalue weighted by Gasteiger charge is 2.55. The van der Waals surface area contributed by atoms with Gasteiger partial charge in [0.15, 0.2) is 53.2 Å². The average Bonchev–Trinajstić information content (AvgIpc) is 4.17. The van der Waals surface area contributed by atoms with Crippen LogP contribution in [0.4, 0.5) is 25.1 Å². The minimum absolute atomic E-state index is 0.00711. The molecule has 414 valence electrons. The first-order valence-electron chi connectivity index (χ1n) is 23.9. The molecule has 78 heavy (non-hydrogen) atoms. The van der Waals surface area contributed by atoms with Gasteiger partial charge in [0.2, 0.25) is 11.8 Å². The highest BCUT2D eigenvalue weighted by atomic mass is 32.5. The number of nitrogens with one attached hydrogen (secondary N) is 4. The number of nitrogens with zero attached hydrogens (tertiary/aromatic N) is 7. The molecule has 7 heterocycles. The molecule has 0 aliphatic carbocycles. The predicted molar refractivity (Wildman–Crippen MR) is 272 cm³/mol. The highest BCUT2D eigenvalue weighted by molar-refractivity contribution is 8.07. The van der Waals surface area contributed by atoms with E-state index in [0.29, 0.717) is 16.8 Å².